The van der Waals surface area contributed by atoms with Gasteiger partial charge in [0, 0.05) is 10.6 Å². The highest BCUT2D eigenvalue weighted by molar-refractivity contribution is 6.31. The van der Waals surface area contributed by atoms with Crippen LogP contribution in [0, 0.1) is 6.92 Å². The normalized spacial score (nSPS) is 16.7. The van der Waals surface area contributed by atoms with Gasteiger partial charge in [0.15, 0.2) is 0 Å². The second kappa shape index (κ2) is 6.72. The molecule has 1 N–H and O–H groups in total. The Morgan fingerprint density at radius 3 is 2.45 bits per heavy atom. The minimum atomic E-state index is -0.715. The monoisotopic (exact) mass is 316 g/mol. The second-order valence-corrected chi connectivity index (χ2v) is 6.43. The van der Waals surface area contributed by atoms with Gasteiger partial charge in [-0.05, 0) is 56.4 Å². The van der Waals surface area contributed by atoms with E-state index in [9.17, 15) is 5.11 Å². The number of ether oxygens (including phenoxy) is 1. The van der Waals surface area contributed by atoms with Crippen LogP contribution in [0.15, 0.2) is 42.5 Å². The van der Waals surface area contributed by atoms with Gasteiger partial charge in [0.1, 0.15) is 11.9 Å². The van der Waals surface area contributed by atoms with E-state index in [0.717, 1.165) is 35.3 Å². The fourth-order valence-electron chi connectivity index (χ4n) is 2.98. The molecule has 22 heavy (non-hydrogen) atoms. The standard InChI is InChI=1S/C19H21ClO2/c1-13-6-11-18(20)17(12-13)19(21)14-7-9-16(10-8-14)22-15-4-2-3-5-15/h6-12,15,19,21H,2-5H2,1H3. The summed E-state index contributed by atoms with van der Waals surface area (Å²) in [6.07, 6.45) is 4.43. The first kappa shape index (κ1) is 15.4. The van der Waals surface area contributed by atoms with Crippen molar-refractivity contribution < 1.29 is 9.84 Å². The number of halogens is 1. The Hall–Kier alpha value is -1.51. The van der Waals surface area contributed by atoms with Crippen LogP contribution in [-0.4, -0.2) is 11.2 Å². The van der Waals surface area contributed by atoms with Gasteiger partial charge in [-0.2, -0.15) is 0 Å². The fraction of sp³-hybridized carbons (Fsp3) is 0.368. The van der Waals surface area contributed by atoms with E-state index in [2.05, 4.69) is 0 Å². The summed E-state index contributed by atoms with van der Waals surface area (Å²) < 4.78 is 5.95. The molecule has 0 spiro atoms. The van der Waals surface area contributed by atoms with Gasteiger partial charge in [-0.3, -0.25) is 0 Å². The summed E-state index contributed by atoms with van der Waals surface area (Å²) in [5.41, 5.74) is 2.65. The first-order chi connectivity index (χ1) is 10.6. The summed E-state index contributed by atoms with van der Waals surface area (Å²) in [4.78, 5) is 0. The molecular weight excluding hydrogens is 296 g/mol. The van der Waals surface area contributed by atoms with Gasteiger partial charge < -0.3 is 9.84 Å². The molecule has 2 aromatic carbocycles. The highest BCUT2D eigenvalue weighted by Crippen LogP contribution is 2.31. The molecule has 0 radical (unpaired) electrons. The molecule has 3 rings (SSSR count). The third-order valence-corrected chi connectivity index (χ3v) is 4.59. The predicted octanol–water partition coefficient (Wildman–Crippen LogP) is 5.05. The molecule has 116 valence electrons. The molecule has 1 saturated carbocycles. The van der Waals surface area contributed by atoms with Gasteiger partial charge in [0.25, 0.3) is 0 Å². The fourth-order valence-corrected chi connectivity index (χ4v) is 3.20. The molecule has 0 aliphatic heterocycles. The number of aliphatic hydroxyl groups is 1. The van der Waals surface area contributed by atoms with Gasteiger partial charge in [-0.1, -0.05) is 41.4 Å². The molecule has 0 saturated heterocycles. The van der Waals surface area contributed by atoms with Gasteiger partial charge >= 0.3 is 0 Å². The zero-order valence-corrected chi connectivity index (χ0v) is 13.5. The molecule has 1 fully saturated rings. The summed E-state index contributed by atoms with van der Waals surface area (Å²) >= 11 is 6.20. The van der Waals surface area contributed by atoms with Crippen LogP contribution in [0.5, 0.6) is 5.75 Å². The van der Waals surface area contributed by atoms with E-state index in [-0.39, 0.29) is 0 Å². The first-order valence-electron chi connectivity index (χ1n) is 7.84. The average Bonchev–Trinajstić information content (AvgIpc) is 3.03. The second-order valence-electron chi connectivity index (χ2n) is 6.02. The lowest BCUT2D eigenvalue weighted by atomic mass is 10.00. The van der Waals surface area contributed by atoms with Crippen LogP contribution in [0.1, 0.15) is 48.5 Å². The van der Waals surface area contributed by atoms with Crippen LogP contribution in [0.25, 0.3) is 0 Å². The maximum atomic E-state index is 10.5. The molecule has 2 nitrogen and oxygen atoms in total. The lowest BCUT2D eigenvalue weighted by Gasteiger charge is -2.16. The van der Waals surface area contributed by atoms with Gasteiger partial charge in [-0.25, -0.2) is 0 Å². The minimum absolute atomic E-state index is 0.349. The third-order valence-electron chi connectivity index (χ3n) is 4.25. The van der Waals surface area contributed by atoms with Crippen LogP contribution in [0.3, 0.4) is 0 Å². The largest absolute Gasteiger partial charge is 0.490 e. The Balaban J connectivity index is 1.75. The quantitative estimate of drug-likeness (QED) is 0.855. The summed E-state index contributed by atoms with van der Waals surface area (Å²) in [6.45, 7) is 1.99. The van der Waals surface area contributed by atoms with E-state index in [4.69, 9.17) is 16.3 Å². The van der Waals surface area contributed by atoms with Crippen molar-refractivity contribution in [3.8, 4) is 5.75 Å². The topological polar surface area (TPSA) is 29.5 Å². The third kappa shape index (κ3) is 3.45. The predicted molar refractivity (Wildman–Crippen MR) is 89.6 cm³/mol. The molecule has 1 unspecified atom stereocenters. The molecule has 0 aromatic heterocycles. The van der Waals surface area contributed by atoms with Crippen LogP contribution < -0.4 is 4.74 Å². The number of aryl methyl sites for hydroxylation is 1. The van der Waals surface area contributed by atoms with Gasteiger partial charge in [-0.15, -0.1) is 0 Å². The molecular formula is C19H21ClO2. The zero-order valence-electron chi connectivity index (χ0n) is 12.8. The summed E-state index contributed by atoms with van der Waals surface area (Å²) in [7, 11) is 0. The van der Waals surface area contributed by atoms with E-state index < -0.39 is 6.10 Å². The number of aliphatic hydroxyl groups excluding tert-OH is 1. The van der Waals surface area contributed by atoms with Crippen molar-refractivity contribution in [3.05, 3.63) is 64.2 Å². The van der Waals surface area contributed by atoms with Crippen molar-refractivity contribution >= 4 is 11.6 Å². The van der Waals surface area contributed by atoms with Crippen LogP contribution in [-0.2, 0) is 0 Å². The molecule has 0 bridgehead atoms. The molecule has 1 aliphatic rings. The molecule has 3 heteroatoms. The van der Waals surface area contributed by atoms with E-state index in [1.165, 1.54) is 12.8 Å². The van der Waals surface area contributed by atoms with Crippen LogP contribution >= 0.6 is 11.6 Å². The molecule has 2 aromatic rings. The Labute approximate surface area is 136 Å². The Bertz CT molecular complexity index is 630. The Morgan fingerprint density at radius 1 is 1.09 bits per heavy atom. The van der Waals surface area contributed by atoms with Crippen LogP contribution in [0.2, 0.25) is 5.02 Å². The highest BCUT2D eigenvalue weighted by atomic mass is 35.5. The van der Waals surface area contributed by atoms with Gasteiger partial charge in [0.2, 0.25) is 0 Å². The maximum absolute atomic E-state index is 10.5. The summed E-state index contributed by atoms with van der Waals surface area (Å²) in [5, 5.41) is 11.1. The first-order valence-corrected chi connectivity index (χ1v) is 8.22. The van der Waals surface area contributed by atoms with E-state index in [0.29, 0.717) is 11.1 Å². The van der Waals surface area contributed by atoms with Crippen molar-refractivity contribution in [1.82, 2.24) is 0 Å². The van der Waals surface area contributed by atoms with Crippen molar-refractivity contribution in [3.63, 3.8) is 0 Å². The Kier molecular flexibility index (Phi) is 4.70. The molecule has 1 atom stereocenters. The average molecular weight is 317 g/mol. The van der Waals surface area contributed by atoms with Crippen molar-refractivity contribution in [2.24, 2.45) is 0 Å². The van der Waals surface area contributed by atoms with Crippen molar-refractivity contribution in [2.45, 2.75) is 44.8 Å². The minimum Gasteiger partial charge on any atom is -0.490 e. The van der Waals surface area contributed by atoms with Crippen LogP contribution in [0.4, 0.5) is 0 Å². The van der Waals surface area contributed by atoms with Crippen molar-refractivity contribution in [2.75, 3.05) is 0 Å². The van der Waals surface area contributed by atoms with E-state index >= 15 is 0 Å². The number of hydrogen-bond acceptors (Lipinski definition) is 2. The lowest BCUT2D eigenvalue weighted by Crippen LogP contribution is -2.10. The Morgan fingerprint density at radius 2 is 1.77 bits per heavy atom. The highest BCUT2D eigenvalue weighted by Gasteiger charge is 2.17. The number of rotatable bonds is 4. The van der Waals surface area contributed by atoms with E-state index in [1.807, 2.05) is 49.4 Å². The lowest BCUT2D eigenvalue weighted by molar-refractivity contribution is 0.208. The summed E-state index contributed by atoms with van der Waals surface area (Å²) in [6, 6.07) is 13.4. The SMILES string of the molecule is Cc1ccc(Cl)c(C(O)c2ccc(OC3CCCC3)cc2)c1. The number of hydrogen-bond donors (Lipinski definition) is 1. The van der Waals surface area contributed by atoms with E-state index in [1.54, 1.807) is 0 Å². The van der Waals surface area contributed by atoms with Crippen molar-refractivity contribution in [1.29, 1.82) is 0 Å². The zero-order chi connectivity index (χ0) is 15.5. The maximum Gasteiger partial charge on any atom is 0.119 e. The molecule has 1 aliphatic carbocycles. The molecule has 0 amide bonds. The smallest absolute Gasteiger partial charge is 0.119 e. The summed E-state index contributed by atoms with van der Waals surface area (Å²) in [5.74, 6) is 0.873. The van der Waals surface area contributed by atoms with Gasteiger partial charge in [0.05, 0.1) is 6.10 Å². The molecule has 0 heterocycles. The number of benzene rings is 2.